The van der Waals surface area contributed by atoms with Gasteiger partial charge in [0.2, 0.25) is 5.16 Å². The fourth-order valence-electron chi connectivity index (χ4n) is 1.88. The van der Waals surface area contributed by atoms with E-state index in [9.17, 15) is 4.79 Å². The molecule has 2 aromatic heterocycles. The highest BCUT2D eigenvalue weighted by Gasteiger charge is 2.19. The topological polar surface area (TPSA) is 58.6 Å². The van der Waals surface area contributed by atoms with Crippen LogP contribution in [0, 0.1) is 0 Å². The molecule has 0 saturated carbocycles. The number of ketones is 1. The van der Waals surface area contributed by atoms with Crippen molar-refractivity contribution in [3.8, 4) is 10.7 Å². The predicted octanol–water partition coefficient (Wildman–Crippen LogP) is 4.55. The van der Waals surface area contributed by atoms with Crippen molar-refractivity contribution in [2.75, 3.05) is 0 Å². The van der Waals surface area contributed by atoms with Crippen molar-refractivity contribution < 1.29 is 4.79 Å². The molecule has 0 aliphatic carbocycles. The van der Waals surface area contributed by atoms with Gasteiger partial charge in [0, 0.05) is 10.6 Å². The summed E-state index contributed by atoms with van der Waals surface area (Å²) in [6, 6.07) is 10.8. The first-order valence-corrected chi connectivity index (χ1v) is 8.70. The van der Waals surface area contributed by atoms with Gasteiger partial charge in [-0.15, -0.1) is 16.4 Å². The van der Waals surface area contributed by atoms with Crippen molar-refractivity contribution in [2.45, 2.75) is 17.3 Å². The molecule has 112 valence electrons. The van der Waals surface area contributed by atoms with E-state index in [4.69, 9.17) is 11.6 Å². The van der Waals surface area contributed by atoms with Crippen molar-refractivity contribution in [3.05, 3.63) is 52.4 Å². The van der Waals surface area contributed by atoms with Gasteiger partial charge in [0.15, 0.2) is 11.6 Å². The van der Waals surface area contributed by atoms with Gasteiger partial charge in [0.1, 0.15) is 0 Å². The zero-order valence-electron chi connectivity index (χ0n) is 11.6. The van der Waals surface area contributed by atoms with Gasteiger partial charge in [-0.25, -0.2) is 4.98 Å². The normalized spacial score (nSPS) is 12.3. The zero-order valence-corrected chi connectivity index (χ0v) is 14.0. The molecule has 0 fully saturated rings. The first-order chi connectivity index (χ1) is 10.6. The van der Waals surface area contributed by atoms with Gasteiger partial charge in [0.25, 0.3) is 0 Å². The van der Waals surface area contributed by atoms with Crippen LogP contribution in [-0.2, 0) is 0 Å². The Labute approximate surface area is 140 Å². The summed E-state index contributed by atoms with van der Waals surface area (Å²) in [6.07, 6.45) is 0. The highest BCUT2D eigenvalue weighted by atomic mass is 35.5. The summed E-state index contributed by atoms with van der Waals surface area (Å²) in [6.45, 7) is 1.85. The number of nitrogens with zero attached hydrogens (tertiary/aromatic N) is 2. The zero-order chi connectivity index (χ0) is 15.5. The Morgan fingerprint density at radius 2 is 2.09 bits per heavy atom. The maximum absolute atomic E-state index is 12.4. The molecule has 1 N–H and O–H groups in total. The SMILES string of the molecule is C[C@H](Sc1n[nH]c(-c2cccs2)n1)C(=O)c1ccc(Cl)cc1. The van der Waals surface area contributed by atoms with E-state index in [1.807, 2.05) is 24.4 Å². The summed E-state index contributed by atoms with van der Waals surface area (Å²) in [4.78, 5) is 17.8. The summed E-state index contributed by atoms with van der Waals surface area (Å²) >= 11 is 8.77. The number of thioether (sulfide) groups is 1. The third-order valence-electron chi connectivity index (χ3n) is 3.00. The number of hydrogen-bond acceptors (Lipinski definition) is 5. The quantitative estimate of drug-likeness (QED) is 0.542. The van der Waals surface area contributed by atoms with Crippen molar-refractivity contribution >= 4 is 40.5 Å². The first-order valence-electron chi connectivity index (χ1n) is 6.56. The number of aromatic nitrogens is 3. The van der Waals surface area contributed by atoms with Crippen LogP contribution < -0.4 is 0 Å². The van der Waals surface area contributed by atoms with Gasteiger partial charge >= 0.3 is 0 Å². The van der Waals surface area contributed by atoms with Crippen molar-refractivity contribution in [1.82, 2.24) is 15.2 Å². The number of halogens is 1. The van der Waals surface area contributed by atoms with Crippen molar-refractivity contribution in [1.29, 1.82) is 0 Å². The number of benzene rings is 1. The van der Waals surface area contributed by atoms with Crippen molar-refractivity contribution in [2.24, 2.45) is 0 Å². The van der Waals surface area contributed by atoms with Gasteiger partial charge in [-0.2, -0.15) is 0 Å². The number of Topliss-reactive ketones (excluding diaryl/α,β-unsaturated/α-hetero) is 1. The summed E-state index contributed by atoms with van der Waals surface area (Å²) in [7, 11) is 0. The van der Waals surface area contributed by atoms with Crippen LogP contribution in [0.4, 0.5) is 0 Å². The molecule has 3 rings (SSSR count). The lowest BCUT2D eigenvalue weighted by molar-refractivity contribution is 0.0994. The monoisotopic (exact) mass is 349 g/mol. The van der Waals surface area contributed by atoms with Gasteiger partial charge in [-0.05, 0) is 42.6 Å². The van der Waals surface area contributed by atoms with Crippen molar-refractivity contribution in [3.63, 3.8) is 0 Å². The van der Waals surface area contributed by atoms with Gasteiger partial charge in [-0.3, -0.25) is 9.89 Å². The minimum atomic E-state index is -0.270. The molecule has 3 aromatic rings. The molecule has 0 aliphatic rings. The first kappa shape index (κ1) is 15.3. The number of thiophene rings is 1. The summed E-state index contributed by atoms with van der Waals surface area (Å²) < 4.78 is 0. The maximum Gasteiger partial charge on any atom is 0.209 e. The van der Waals surface area contributed by atoms with Crippen LogP contribution in [0.25, 0.3) is 10.7 Å². The van der Waals surface area contributed by atoms with Crippen LogP contribution in [-0.4, -0.2) is 26.2 Å². The Balaban J connectivity index is 1.70. The summed E-state index contributed by atoms with van der Waals surface area (Å²) in [5.41, 5.74) is 0.637. The molecule has 0 spiro atoms. The number of carbonyl (C=O) groups excluding carboxylic acids is 1. The molecule has 0 aliphatic heterocycles. The molecule has 0 saturated heterocycles. The molecule has 7 heteroatoms. The van der Waals surface area contributed by atoms with E-state index >= 15 is 0 Å². The lowest BCUT2D eigenvalue weighted by Gasteiger charge is -2.07. The number of aromatic amines is 1. The van der Waals surface area contributed by atoms with E-state index in [0.717, 1.165) is 10.7 Å². The Morgan fingerprint density at radius 1 is 1.32 bits per heavy atom. The second kappa shape index (κ2) is 6.64. The fraction of sp³-hybridized carbons (Fsp3) is 0.133. The third kappa shape index (κ3) is 3.40. The average molecular weight is 350 g/mol. The maximum atomic E-state index is 12.4. The number of hydrogen-bond donors (Lipinski definition) is 1. The van der Waals surface area contributed by atoms with E-state index in [1.54, 1.807) is 35.6 Å². The molecule has 1 aromatic carbocycles. The smallest absolute Gasteiger partial charge is 0.209 e. The molecule has 2 heterocycles. The lowest BCUT2D eigenvalue weighted by atomic mass is 10.1. The molecule has 4 nitrogen and oxygen atoms in total. The fourth-order valence-corrected chi connectivity index (χ4v) is 3.47. The Hall–Kier alpha value is -1.63. The van der Waals surface area contributed by atoms with Gasteiger partial charge < -0.3 is 0 Å². The second-order valence-corrected chi connectivity index (χ2v) is 7.27. The summed E-state index contributed by atoms with van der Waals surface area (Å²) in [5, 5.41) is 9.96. The summed E-state index contributed by atoms with van der Waals surface area (Å²) in [5.74, 6) is 0.757. The van der Waals surface area contributed by atoms with E-state index in [2.05, 4.69) is 15.2 Å². The van der Waals surface area contributed by atoms with E-state index in [-0.39, 0.29) is 11.0 Å². The van der Waals surface area contributed by atoms with E-state index < -0.39 is 0 Å². The molecule has 1 atom stereocenters. The Kier molecular flexibility index (Phi) is 4.61. The lowest BCUT2D eigenvalue weighted by Crippen LogP contribution is -2.13. The average Bonchev–Trinajstić information content (AvgIpc) is 3.18. The van der Waals surface area contributed by atoms with Crippen LogP contribution in [0.3, 0.4) is 0 Å². The van der Waals surface area contributed by atoms with Crippen LogP contribution in [0.2, 0.25) is 5.02 Å². The molecule has 22 heavy (non-hydrogen) atoms. The number of rotatable bonds is 5. The molecule has 0 bridgehead atoms. The van der Waals surface area contributed by atoms with Crippen LogP contribution in [0.5, 0.6) is 0 Å². The third-order valence-corrected chi connectivity index (χ3v) is 5.09. The number of carbonyl (C=O) groups is 1. The van der Waals surface area contributed by atoms with Gasteiger partial charge in [0.05, 0.1) is 10.1 Å². The molecule has 0 amide bonds. The molecular formula is C15H12ClN3OS2. The predicted molar refractivity (Wildman–Crippen MR) is 90.8 cm³/mol. The standard InChI is InChI=1S/C15H12ClN3OS2/c1-9(13(20)10-4-6-11(16)7-5-10)22-15-17-14(18-19-15)12-3-2-8-21-12/h2-9H,1H3,(H,17,18,19)/t9-/m0/s1. The Bertz CT molecular complexity index is 768. The highest BCUT2D eigenvalue weighted by molar-refractivity contribution is 8.00. The number of H-pyrrole nitrogens is 1. The van der Waals surface area contributed by atoms with Crippen LogP contribution >= 0.6 is 34.7 Å². The van der Waals surface area contributed by atoms with Crippen LogP contribution in [0.1, 0.15) is 17.3 Å². The highest BCUT2D eigenvalue weighted by Crippen LogP contribution is 2.26. The second-order valence-electron chi connectivity index (χ2n) is 4.58. The van der Waals surface area contributed by atoms with Gasteiger partial charge in [-0.1, -0.05) is 29.4 Å². The minimum absolute atomic E-state index is 0.0316. The largest absolute Gasteiger partial charge is 0.293 e. The number of nitrogens with one attached hydrogen (secondary N) is 1. The van der Waals surface area contributed by atoms with E-state index in [0.29, 0.717) is 15.7 Å². The molecule has 0 radical (unpaired) electrons. The van der Waals surface area contributed by atoms with E-state index in [1.165, 1.54) is 11.8 Å². The minimum Gasteiger partial charge on any atom is -0.293 e. The Morgan fingerprint density at radius 3 is 2.77 bits per heavy atom. The molecule has 0 unspecified atom stereocenters. The van der Waals surface area contributed by atoms with Crippen LogP contribution in [0.15, 0.2) is 46.9 Å². The molecular weight excluding hydrogens is 338 g/mol.